The summed E-state index contributed by atoms with van der Waals surface area (Å²) in [5, 5.41) is 5.37. The van der Waals surface area contributed by atoms with Crippen LogP contribution in [0.25, 0.3) is 0 Å². The SMILES string of the molecule is CCCNC(=O)c1ccccc1NC(=O)CCN1C(=O)c2ccccc2S1(=O)=O. The highest BCUT2D eigenvalue weighted by molar-refractivity contribution is 7.90. The second-order valence-electron chi connectivity index (χ2n) is 6.48. The van der Waals surface area contributed by atoms with Gasteiger partial charge in [-0.25, -0.2) is 12.7 Å². The zero-order chi connectivity index (χ0) is 21.0. The van der Waals surface area contributed by atoms with E-state index in [2.05, 4.69) is 10.6 Å². The van der Waals surface area contributed by atoms with Crippen molar-refractivity contribution in [3.8, 4) is 0 Å². The molecule has 0 fully saturated rings. The number of nitrogens with one attached hydrogen (secondary N) is 2. The molecule has 0 radical (unpaired) electrons. The molecule has 29 heavy (non-hydrogen) atoms. The van der Waals surface area contributed by atoms with E-state index in [-0.39, 0.29) is 29.3 Å². The Kier molecular flexibility index (Phi) is 5.97. The topological polar surface area (TPSA) is 113 Å². The number of fused-ring (bicyclic) bond motifs is 1. The quantitative estimate of drug-likeness (QED) is 0.718. The molecule has 9 heteroatoms. The number of para-hydroxylation sites is 1. The van der Waals surface area contributed by atoms with E-state index in [1.165, 1.54) is 12.1 Å². The molecule has 0 unspecified atom stereocenters. The number of anilines is 1. The first kappa shape index (κ1) is 20.5. The van der Waals surface area contributed by atoms with Gasteiger partial charge < -0.3 is 10.6 Å². The van der Waals surface area contributed by atoms with Gasteiger partial charge in [-0.05, 0) is 30.7 Å². The summed E-state index contributed by atoms with van der Waals surface area (Å²) in [6.45, 7) is 2.16. The number of amides is 3. The van der Waals surface area contributed by atoms with E-state index in [0.717, 1.165) is 6.42 Å². The molecule has 0 spiro atoms. The summed E-state index contributed by atoms with van der Waals surface area (Å²) in [5.74, 6) is -1.46. The summed E-state index contributed by atoms with van der Waals surface area (Å²) in [7, 11) is -3.96. The largest absolute Gasteiger partial charge is 0.352 e. The van der Waals surface area contributed by atoms with E-state index in [1.807, 2.05) is 6.92 Å². The highest BCUT2D eigenvalue weighted by atomic mass is 32.2. The van der Waals surface area contributed by atoms with Crippen LogP contribution in [-0.2, 0) is 14.8 Å². The zero-order valence-corrected chi connectivity index (χ0v) is 16.7. The molecule has 2 aromatic carbocycles. The standard InChI is InChI=1S/C20H21N3O5S/c1-2-12-21-19(25)14-7-3-5-9-16(14)22-18(24)11-13-23-20(26)15-8-4-6-10-17(15)29(23,27)28/h3-10H,2,11-13H2,1H3,(H,21,25)(H,22,24). The molecule has 152 valence electrons. The minimum Gasteiger partial charge on any atom is -0.352 e. The van der Waals surface area contributed by atoms with Gasteiger partial charge in [-0.15, -0.1) is 0 Å². The van der Waals surface area contributed by atoms with Gasteiger partial charge in [0.15, 0.2) is 0 Å². The Morgan fingerprint density at radius 2 is 1.72 bits per heavy atom. The number of carbonyl (C=O) groups is 3. The first-order valence-corrected chi connectivity index (χ1v) is 10.6. The Bertz CT molecular complexity index is 1070. The van der Waals surface area contributed by atoms with Gasteiger partial charge in [0.25, 0.3) is 21.8 Å². The first-order valence-electron chi connectivity index (χ1n) is 9.19. The summed E-state index contributed by atoms with van der Waals surface area (Å²) in [6.07, 6.45) is 0.546. The van der Waals surface area contributed by atoms with Crippen LogP contribution >= 0.6 is 0 Å². The average molecular weight is 415 g/mol. The van der Waals surface area contributed by atoms with Crippen LogP contribution in [0.15, 0.2) is 53.4 Å². The van der Waals surface area contributed by atoms with Gasteiger partial charge >= 0.3 is 0 Å². The number of carbonyl (C=O) groups excluding carboxylic acids is 3. The van der Waals surface area contributed by atoms with Crippen LogP contribution in [0.2, 0.25) is 0 Å². The van der Waals surface area contributed by atoms with Crippen molar-refractivity contribution in [2.45, 2.75) is 24.7 Å². The number of nitrogens with zero attached hydrogens (tertiary/aromatic N) is 1. The minimum atomic E-state index is -3.96. The Hall–Kier alpha value is -3.20. The molecule has 1 aliphatic rings. The predicted octanol–water partition coefficient (Wildman–Crippen LogP) is 2.00. The Morgan fingerprint density at radius 1 is 1.03 bits per heavy atom. The van der Waals surface area contributed by atoms with E-state index in [4.69, 9.17) is 0 Å². The first-order chi connectivity index (χ1) is 13.9. The van der Waals surface area contributed by atoms with Gasteiger partial charge in [0.05, 0.1) is 16.8 Å². The van der Waals surface area contributed by atoms with Crippen LogP contribution in [0.5, 0.6) is 0 Å². The van der Waals surface area contributed by atoms with Crippen molar-refractivity contribution in [2.75, 3.05) is 18.4 Å². The van der Waals surface area contributed by atoms with Crippen molar-refractivity contribution in [3.63, 3.8) is 0 Å². The second kappa shape index (κ2) is 8.44. The Labute approximate surface area is 169 Å². The molecule has 0 aliphatic carbocycles. The zero-order valence-electron chi connectivity index (χ0n) is 15.8. The minimum absolute atomic E-state index is 0.0525. The van der Waals surface area contributed by atoms with E-state index in [0.29, 0.717) is 22.1 Å². The lowest BCUT2D eigenvalue weighted by atomic mass is 10.1. The third-order valence-corrected chi connectivity index (χ3v) is 6.28. The molecule has 0 aromatic heterocycles. The smallest absolute Gasteiger partial charge is 0.269 e. The van der Waals surface area contributed by atoms with Crippen LogP contribution < -0.4 is 10.6 Å². The lowest BCUT2D eigenvalue weighted by Crippen LogP contribution is -2.33. The fraction of sp³-hybridized carbons (Fsp3) is 0.250. The van der Waals surface area contributed by atoms with Gasteiger partial charge in [0, 0.05) is 19.5 Å². The highest BCUT2D eigenvalue weighted by Gasteiger charge is 2.40. The summed E-state index contributed by atoms with van der Waals surface area (Å²) >= 11 is 0. The van der Waals surface area contributed by atoms with Crippen molar-refractivity contribution < 1.29 is 22.8 Å². The van der Waals surface area contributed by atoms with Gasteiger partial charge in [0.1, 0.15) is 4.90 Å². The van der Waals surface area contributed by atoms with Gasteiger partial charge in [-0.2, -0.15) is 0 Å². The van der Waals surface area contributed by atoms with Crippen LogP contribution in [0.3, 0.4) is 0 Å². The molecule has 0 saturated heterocycles. The maximum atomic E-state index is 12.5. The van der Waals surface area contributed by atoms with Crippen molar-refractivity contribution in [2.24, 2.45) is 0 Å². The molecule has 2 N–H and O–H groups in total. The van der Waals surface area contributed by atoms with Crippen molar-refractivity contribution >= 4 is 33.4 Å². The average Bonchev–Trinajstić information content (AvgIpc) is 2.91. The summed E-state index contributed by atoms with van der Waals surface area (Å²) < 4.78 is 25.8. The molecule has 2 aromatic rings. The number of rotatable bonds is 7. The molecular weight excluding hydrogens is 394 g/mol. The molecule has 3 rings (SSSR count). The third-order valence-electron chi connectivity index (χ3n) is 4.44. The molecule has 1 heterocycles. The fourth-order valence-corrected chi connectivity index (χ4v) is 4.56. The molecule has 3 amide bonds. The number of hydrogen-bond acceptors (Lipinski definition) is 5. The normalized spacial score (nSPS) is 14.4. The maximum Gasteiger partial charge on any atom is 0.269 e. The molecule has 1 aliphatic heterocycles. The highest BCUT2D eigenvalue weighted by Crippen LogP contribution is 2.29. The van der Waals surface area contributed by atoms with E-state index in [9.17, 15) is 22.8 Å². The van der Waals surface area contributed by atoms with Gasteiger partial charge in [-0.3, -0.25) is 14.4 Å². The van der Waals surface area contributed by atoms with Crippen LogP contribution in [0, 0.1) is 0 Å². The lowest BCUT2D eigenvalue weighted by Gasteiger charge is -2.15. The molecular formula is C20H21N3O5S. The molecule has 8 nitrogen and oxygen atoms in total. The Morgan fingerprint density at radius 3 is 2.45 bits per heavy atom. The van der Waals surface area contributed by atoms with E-state index >= 15 is 0 Å². The van der Waals surface area contributed by atoms with Gasteiger partial charge in [0.2, 0.25) is 5.91 Å². The van der Waals surface area contributed by atoms with Crippen LogP contribution in [-0.4, -0.2) is 43.5 Å². The number of benzene rings is 2. The van der Waals surface area contributed by atoms with Crippen molar-refractivity contribution in [3.05, 3.63) is 59.7 Å². The monoisotopic (exact) mass is 415 g/mol. The predicted molar refractivity (Wildman–Crippen MR) is 107 cm³/mol. The van der Waals surface area contributed by atoms with Crippen molar-refractivity contribution in [1.29, 1.82) is 0 Å². The van der Waals surface area contributed by atoms with E-state index in [1.54, 1.807) is 36.4 Å². The number of sulfonamides is 1. The third kappa shape index (κ3) is 4.14. The summed E-state index contributed by atoms with van der Waals surface area (Å²) in [6, 6.07) is 12.5. The number of hydrogen-bond donors (Lipinski definition) is 2. The lowest BCUT2D eigenvalue weighted by molar-refractivity contribution is -0.116. The molecule has 0 bridgehead atoms. The Balaban J connectivity index is 1.68. The van der Waals surface area contributed by atoms with Gasteiger partial charge in [-0.1, -0.05) is 31.2 Å². The van der Waals surface area contributed by atoms with E-state index < -0.39 is 21.8 Å². The molecule has 0 atom stereocenters. The maximum absolute atomic E-state index is 12.5. The van der Waals surface area contributed by atoms with Crippen molar-refractivity contribution in [1.82, 2.24) is 9.62 Å². The second-order valence-corrected chi connectivity index (χ2v) is 8.31. The van der Waals surface area contributed by atoms with Crippen LogP contribution in [0.4, 0.5) is 5.69 Å². The van der Waals surface area contributed by atoms with Crippen LogP contribution in [0.1, 0.15) is 40.5 Å². The summed E-state index contributed by atoms with van der Waals surface area (Å²) in [5.41, 5.74) is 0.738. The summed E-state index contributed by atoms with van der Waals surface area (Å²) in [4.78, 5) is 36.9. The molecule has 0 saturated carbocycles. The fourth-order valence-electron chi connectivity index (χ4n) is 2.99.